The average Bonchev–Trinajstić information content (AvgIpc) is 3.61. The Hall–Kier alpha value is -3.88. The molecule has 5 aromatic rings. The number of benzene rings is 3. The molecule has 226 valence electrons. The van der Waals surface area contributed by atoms with E-state index in [1.54, 1.807) is 7.11 Å². The first-order chi connectivity index (χ1) is 21.3. The lowest BCUT2D eigenvalue weighted by Gasteiger charge is -2.16. The number of H-pyrrole nitrogens is 1. The molecule has 3 heterocycles. The van der Waals surface area contributed by atoms with Crippen molar-refractivity contribution in [3.05, 3.63) is 94.1 Å². The van der Waals surface area contributed by atoms with Gasteiger partial charge < -0.3 is 25.3 Å². The lowest BCUT2D eigenvalue weighted by molar-refractivity contribution is -0.119. The second-order valence-electron chi connectivity index (χ2n) is 11.5. The van der Waals surface area contributed by atoms with Gasteiger partial charge in [-0.05, 0) is 50.3 Å². The van der Waals surface area contributed by atoms with Gasteiger partial charge in [0.05, 0.1) is 22.8 Å². The number of hydrogen-bond donors (Lipinski definition) is 3. The predicted octanol–water partition coefficient (Wildman–Crippen LogP) is 7.31. The van der Waals surface area contributed by atoms with Crippen LogP contribution < -0.4 is 15.4 Å². The summed E-state index contributed by atoms with van der Waals surface area (Å²) in [5.74, 6) is 0.640. The second-order valence-corrected chi connectivity index (χ2v) is 12.2. The van der Waals surface area contributed by atoms with Gasteiger partial charge in [-0.15, -0.1) is 0 Å². The van der Waals surface area contributed by atoms with Crippen molar-refractivity contribution in [3.63, 3.8) is 0 Å². The van der Waals surface area contributed by atoms with Crippen molar-refractivity contribution in [1.29, 1.82) is 0 Å². The number of aromatic amines is 1. The molecule has 0 bridgehead atoms. The van der Waals surface area contributed by atoms with E-state index < -0.39 is 0 Å². The molecule has 44 heavy (non-hydrogen) atoms. The Kier molecular flexibility index (Phi) is 8.91. The number of methoxy groups -OCH3 is 1. The van der Waals surface area contributed by atoms with E-state index in [0.717, 1.165) is 57.2 Å². The van der Waals surface area contributed by atoms with Crippen molar-refractivity contribution >= 4 is 40.0 Å². The van der Waals surface area contributed by atoms with E-state index in [-0.39, 0.29) is 11.9 Å². The summed E-state index contributed by atoms with van der Waals surface area (Å²) in [5, 5.41) is 8.73. The predicted molar refractivity (Wildman–Crippen MR) is 179 cm³/mol. The maximum absolute atomic E-state index is 11.5. The third-order valence-corrected chi connectivity index (χ3v) is 8.78. The summed E-state index contributed by atoms with van der Waals surface area (Å²) in [4.78, 5) is 21.9. The Balaban J connectivity index is 1.27. The number of hydrogen-bond acceptors (Lipinski definition) is 5. The number of carbonyl (C=O) groups excluding carboxylic acids is 1. The summed E-state index contributed by atoms with van der Waals surface area (Å²) in [6, 6.07) is 24.6. The van der Waals surface area contributed by atoms with Crippen molar-refractivity contribution in [2.45, 2.75) is 32.0 Å². The van der Waals surface area contributed by atoms with Gasteiger partial charge in [0, 0.05) is 76.5 Å². The van der Waals surface area contributed by atoms with Crippen LogP contribution in [-0.2, 0) is 17.9 Å². The minimum atomic E-state index is 0.111. The van der Waals surface area contributed by atoms with Crippen molar-refractivity contribution in [2.75, 3.05) is 27.7 Å². The molecule has 1 aliphatic heterocycles. The number of ether oxygens (including phenoxy) is 1. The van der Waals surface area contributed by atoms with Crippen molar-refractivity contribution < 1.29 is 9.53 Å². The van der Waals surface area contributed by atoms with Gasteiger partial charge in [0.25, 0.3) is 0 Å². The van der Waals surface area contributed by atoms with Crippen LogP contribution in [0.15, 0.2) is 72.8 Å². The van der Waals surface area contributed by atoms with E-state index in [0.29, 0.717) is 41.1 Å². The maximum Gasteiger partial charge on any atom is 0.220 e. The molecule has 2 aromatic heterocycles. The molecule has 3 N–H and O–H groups in total. The van der Waals surface area contributed by atoms with Gasteiger partial charge >= 0.3 is 0 Å². The first-order valence-electron chi connectivity index (χ1n) is 14.7. The number of aromatic nitrogens is 2. The molecule has 1 amide bonds. The zero-order valence-electron chi connectivity index (χ0n) is 25.0. The molecule has 6 rings (SSSR count). The van der Waals surface area contributed by atoms with Crippen molar-refractivity contribution in [1.82, 2.24) is 25.5 Å². The third kappa shape index (κ3) is 6.33. The van der Waals surface area contributed by atoms with Gasteiger partial charge in [0.15, 0.2) is 0 Å². The van der Waals surface area contributed by atoms with E-state index in [2.05, 4.69) is 58.9 Å². The highest BCUT2D eigenvalue weighted by Gasteiger charge is 2.21. The van der Waals surface area contributed by atoms with Gasteiger partial charge in [0.1, 0.15) is 0 Å². The van der Waals surface area contributed by atoms with Crippen LogP contribution in [0.3, 0.4) is 0 Å². The molecule has 1 atom stereocenters. The Morgan fingerprint density at radius 3 is 2.39 bits per heavy atom. The summed E-state index contributed by atoms with van der Waals surface area (Å²) in [7, 11) is 5.73. The average molecular weight is 629 g/mol. The fourth-order valence-electron chi connectivity index (χ4n) is 5.83. The van der Waals surface area contributed by atoms with Gasteiger partial charge in [-0.3, -0.25) is 4.79 Å². The van der Waals surface area contributed by atoms with Gasteiger partial charge in [-0.2, -0.15) is 0 Å². The van der Waals surface area contributed by atoms with E-state index in [1.165, 1.54) is 5.69 Å². The fourth-order valence-corrected chi connectivity index (χ4v) is 6.49. The van der Waals surface area contributed by atoms with Crippen LogP contribution in [0.1, 0.15) is 24.1 Å². The molecule has 3 aromatic carbocycles. The van der Waals surface area contributed by atoms with Crippen LogP contribution in [0.4, 0.5) is 0 Å². The normalized spacial score (nSPS) is 14.9. The van der Waals surface area contributed by atoms with E-state index in [9.17, 15) is 4.79 Å². The molecule has 9 heteroatoms. The first kappa shape index (κ1) is 30.2. The smallest absolute Gasteiger partial charge is 0.220 e. The maximum atomic E-state index is 11.5. The summed E-state index contributed by atoms with van der Waals surface area (Å²) in [6.07, 6.45) is 1.44. The van der Waals surface area contributed by atoms with Gasteiger partial charge in [-0.25, -0.2) is 4.98 Å². The van der Waals surface area contributed by atoms with E-state index >= 15 is 0 Å². The Bertz CT molecular complexity index is 1830. The van der Waals surface area contributed by atoms with Crippen LogP contribution in [0.25, 0.3) is 44.4 Å². The second kappa shape index (κ2) is 13.0. The monoisotopic (exact) mass is 627 g/mol. The number of carbonyl (C=O) groups is 1. The number of amides is 1. The molecule has 0 unspecified atom stereocenters. The van der Waals surface area contributed by atoms with Crippen molar-refractivity contribution in [3.8, 4) is 39.4 Å². The van der Waals surface area contributed by atoms with Crippen LogP contribution in [-0.4, -0.2) is 54.6 Å². The molecular formula is C35H35Cl2N5O2. The zero-order valence-corrected chi connectivity index (χ0v) is 26.5. The number of rotatable bonds is 10. The number of fused-ring (bicyclic) bond motifs is 1. The Morgan fingerprint density at radius 2 is 1.68 bits per heavy atom. The highest BCUT2D eigenvalue weighted by Crippen LogP contribution is 2.42. The molecule has 1 saturated heterocycles. The highest BCUT2D eigenvalue weighted by atomic mass is 35.5. The van der Waals surface area contributed by atoms with Crippen LogP contribution in [0.5, 0.6) is 5.88 Å². The van der Waals surface area contributed by atoms with Gasteiger partial charge in [0.2, 0.25) is 11.8 Å². The van der Waals surface area contributed by atoms with E-state index in [1.807, 2.05) is 48.5 Å². The molecular weight excluding hydrogens is 593 g/mol. The van der Waals surface area contributed by atoms with Crippen LogP contribution in [0.2, 0.25) is 10.0 Å². The summed E-state index contributed by atoms with van der Waals surface area (Å²) < 4.78 is 5.65. The quantitative estimate of drug-likeness (QED) is 0.151. The topological polar surface area (TPSA) is 82.3 Å². The molecule has 0 aliphatic carbocycles. The number of nitrogens with one attached hydrogen (secondary N) is 3. The van der Waals surface area contributed by atoms with Gasteiger partial charge in [-0.1, -0.05) is 71.7 Å². The van der Waals surface area contributed by atoms with Crippen LogP contribution >= 0.6 is 23.2 Å². The zero-order chi connectivity index (χ0) is 30.8. The third-order valence-electron chi connectivity index (χ3n) is 7.96. The summed E-state index contributed by atoms with van der Waals surface area (Å²) in [5.41, 5.74) is 8.35. The van der Waals surface area contributed by atoms with Crippen LogP contribution in [0, 0.1) is 0 Å². The molecule has 1 fully saturated rings. The number of halogens is 2. The lowest BCUT2D eigenvalue weighted by atomic mass is 9.96. The minimum Gasteiger partial charge on any atom is -0.481 e. The molecule has 1 aliphatic rings. The Labute approximate surface area is 267 Å². The molecule has 0 spiro atoms. The first-order valence-corrected chi connectivity index (χ1v) is 15.4. The largest absolute Gasteiger partial charge is 0.481 e. The van der Waals surface area contributed by atoms with E-state index in [4.69, 9.17) is 32.9 Å². The minimum absolute atomic E-state index is 0.111. The number of pyridine rings is 1. The molecule has 0 radical (unpaired) electrons. The summed E-state index contributed by atoms with van der Waals surface area (Å²) >= 11 is 14.2. The summed E-state index contributed by atoms with van der Waals surface area (Å²) in [6.45, 7) is 2.11. The fraction of sp³-hybridized carbons (Fsp3) is 0.257. The Morgan fingerprint density at radius 1 is 0.955 bits per heavy atom. The SMILES string of the molecule is COc1nc(-c2cccc(-c3cccc(-c4ccc5[nH]c(CN(C)C)cc5c4)c3Cl)c2Cl)ccc1CNC[C@@H]1CCC(=O)N1. The number of nitrogens with zero attached hydrogens (tertiary/aromatic N) is 2. The standard InChI is InChI=1S/C35H35Cl2N5O2/c1-42(2)20-25-17-23-16-21(10-13-30(23)39-25)26-6-4-7-27(33(26)36)28-8-5-9-29(34(28)37)31-14-11-22(35(41-31)44-3)18-38-19-24-12-15-32(43)40-24/h4-11,13-14,16-17,24,38-39H,12,15,18-20H2,1-3H3,(H,40,43)/t24-/m0/s1. The van der Waals surface area contributed by atoms with Crippen molar-refractivity contribution in [2.24, 2.45) is 0 Å². The lowest BCUT2D eigenvalue weighted by Crippen LogP contribution is -2.35. The molecule has 7 nitrogen and oxygen atoms in total. The highest BCUT2D eigenvalue weighted by molar-refractivity contribution is 6.39. The molecule has 0 saturated carbocycles.